The lowest BCUT2D eigenvalue weighted by atomic mass is 10.0. The molecule has 0 bridgehead atoms. The highest BCUT2D eigenvalue weighted by Crippen LogP contribution is 2.22. The van der Waals surface area contributed by atoms with E-state index in [4.69, 9.17) is 0 Å². The standard InChI is InChI=1S/C21H14N2OS/c24-20(17-9-8-15-5-1-2-6-16(15)13-17)11-10-18-14-25-21(23-18)19-7-3-4-12-22-19/h1-14H/b11-10+. The molecular weight excluding hydrogens is 328 g/mol. The summed E-state index contributed by atoms with van der Waals surface area (Å²) in [6, 6.07) is 19.5. The van der Waals surface area contributed by atoms with Crippen LogP contribution in [-0.4, -0.2) is 15.8 Å². The monoisotopic (exact) mass is 342 g/mol. The van der Waals surface area contributed by atoms with E-state index in [0.29, 0.717) is 5.56 Å². The summed E-state index contributed by atoms with van der Waals surface area (Å²) >= 11 is 1.52. The second-order valence-electron chi connectivity index (χ2n) is 5.55. The minimum absolute atomic E-state index is 0.0295. The van der Waals surface area contributed by atoms with Crippen LogP contribution >= 0.6 is 11.3 Å². The summed E-state index contributed by atoms with van der Waals surface area (Å²) in [5.74, 6) is -0.0295. The van der Waals surface area contributed by atoms with Gasteiger partial charge in [-0.25, -0.2) is 4.98 Å². The number of fused-ring (bicyclic) bond motifs is 1. The second kappa shape index (κ2) is 6.79. The Bertz CT molecular complexity index is 1070. The molecule has 3 nitrogen and oxygen atoms in total. The van der Waals surface area contributed by atoms with E-state index in [2.05, 4.69) is 9.97 Å². The fourth-order valence-electron chi connectivity index (χ4n) is 2.57. The fraction of sp³-hybridized carbons (Fsp3) is 0. The minimum atomic E-state index is -0.0295. The summed E-state index contributed by atoms with van der Waals surface area (Å²) in [6.45, 7) is 0. The van der Waals surface area contributed by atoms with Crippen LogP contribution < -0.4 is 0 Å². The molecule has 0 saturated heterocycles. The molecule has 0 N–H and O–H groups in total. The lowest BCUT2D eigenvalue weighted by Gasteiger charge is -2.00. The molecule has 0 fully saturated rings. The molecule has 0 saturated carbocycles. The molecule has 4 rings (SSSR count). The molecule has 120 valence electrons. The van der Waals surface area contributed by atoms with Crippen LogP contribution in [0.15, 0.2) is 78.3 Å². The molecule has 2 heterocycles. The van der Waals surface area contributed by atoms with Crippen molar-refractivity contribution in [2.75, 3.05) is 0 Å². The van der Waals surface area contributed by atoms with Crippen molar-refractivity contribution in [2.45, 2.75) is 0 Å². The van der Waals surface area contributed by atoms with Crippen molar-refractivity contribution < 1.29 is 4.79 Å². The lowest BCUT2D eigenvalue weighted by molar-refractivity contribution is 0.104. The van der Waals surface area contributed by atoms with E-state index in [9.17, 15) is 4.79 Å². The summed E-state index contributed by atoms with van der Waals surface area (Å²) in [6.07, 6.45) is 5.07. The Hall–Kier alpha value is -3.11. The number of allylic oxidation sites excluding steroid dienone is 1. The van der Waals surface area contributed by atoms with Gasteiger partial charge in [0.2, 0.25) is 0 Å². The molecule has 0 atom stereocenters. The van der Waals surface area contributed by atoms with Crippen LogP contribution in [0.5, 0.6) is 0 Å². The summed E-state index contributed by atoms with van der Waals surface area (Å²) in [5, 5.41) is 4.96. The lowest BCUT2D eigenvalue weighted by Crippen LogP contribution is -1.93. The smallest absolute Gasteiger partial charge is 0.185 e. The van der Waals surface area contributed by atoms with E-state index in [0.717, 1.165) is 27.2 Å². The highest BCUT2D eigenvalue weighted by atomic mass is 32.1. The highest BCUT2D eigenvalue weighted by Gasteiger charge is 2.06. The van der Waals surface area contributed by atoms with Crippen LogP contribution in [0.4, 0.5) is 0 Å². The van der Waals surface area contributed by atoms with E-state index in [1.54, 1.807) is 18.3 Å². The van der Waals surface area contributed by atoms with Crippen LogP contribution in [0.1, 0.15) is 16.1 Å². The molecular formula is C21H14N2OS. The average molecular weight is 342 g/mol. The van der Waals surface area contributed by atoms with Crippen molar-refractivity contribution in [3.05, 3.63) is 89.6 Å². The molecule has 0 aliphatic carbocycles. The number of rotatable bonds is 4. The van der Waals surface area contributed by atoms with E-state index < -0.39 is 0 Å². The summed E-state index contributed by atoms with van der Waals surface area (Å²) < 4.78 is 0. The van der Waals surface area contributed by atoms with Crippen LogP contribution in [0.2, 0.25) is 0 Å². The third-order valence-corrected chi connectivity index (χ3v) is 4.73. The molecule has 0 spiro atoms. The van der Waals surface area contributed by atoms with Gasteiger partial charge >= 0.3 is 0 Å². The van der Waals surface area contributed by atoms with Gasteiger partial charge < -0.3 is 0 Å². The number of carbonyl (C=O) groups is 1. The van der Waals surface area contributed by atoms with Gasteiger partial charge in [-0.15, -0.1) is 11.3 Å². The molecule has 0 unspecified atom stereocenters. The van der Waals surface area contributed by atoms with Crippen molar-refractivity contribution in [1.29, 1.82) is 0 Å². The zero-order chi connectivity index (χ0) is 17.1. The third-order valence-electron chi connectivity index (χ3n) is 3.85. The minimum Gasteiger partial charge on any atom is -0.289 e. The Morgan fingerprint density at radius 1 is 0.960 bits per heavy atom. The summed E-state index contributed by atoms with van der Waals surface area (Å²) in [7, 11) is 0. The first-order valence-corrected chi connectivity index (χ1v) is 8.76. The van der Waals surface area contributed by atoms with Crippen molar-refractivity contribution in [3.8, 4) is 10.7 Å². The van der Waals surface area contributed by atoms with E-state index in [1.165, 1.54) is 11.3 Å². The van der Waals surface area contributed by atoms with Gasteiger partial charge in [0.1, 0.15) is 5.01 Å². The van der Waals surface area contributed by atoms with Gasteiger partial charge in [0.15, 0.2) is 5.78 Å². The van der Waals surface area contributed by atoms with Crippen LogP contribution in [0.25, 0.3) is 27.6 Å². The average Bonchev–Trinajstić information content (AvgIpc) is 3.15. The van der Waals surface area contributed by atoms with Gasteiger partial charge in [-0.1, -0.05) is 42.5 Å². The largest absolute Gasteiger partial charge is 0.289 e. The molecule has 0 amide bonds. The number of ketones is 1. The zero-order valence-electron chi connectivity index (χ0n) is 13.3. The number of thiazole rings is 1. The van der Waals surface area contributed by atoms with Crippen molar-refractivity contribution in [1.82, 2.24) is 9.97 Å². The summed E-state index contributed by atoms with van der Waals surface area (Å²) in [5.41, 5.74) is 2.28. The number of hydrogen-bond donors (Lipinski definition) is 0. The molecule has 2 aromatic carbocycles. The molecule has 0 aliphatic heterocycles. The molecule has 4 aromatic rings. The second-order valence-corrected chi connectivity index (χ2v) is 6.41. The maximum atomic E-state index is 12.4. The van der Waals surface area contributed by atoms with E-state index in [1.807, 2.05) is 66.0 Å². The van der Waals surface area contributed by atoms with Crippen molar-refractivity contribution in [3.63, 3.8) is 0 Å². The zero-order valence-corrected chi connectivity index (χ0v) is 14.1. The maximum absolute atomic E-state index is 12.4. The normalized spacial score (nSPS) is 11.2. The number of benzene rings is 2. The Kier molecular flexibility index (Phi) is 4.19. The predicted octanol–water partition coefficient (Wildman–Crippen LogP) is 5.25. The van der Waals surface area contributed by atoms with Gasteiger partial charge in [-0.05, 0) is 41.1 Å². The number of nitrogens with zero attached hydrogens (tertiary/aromatic N) is 2. The Balaban J connectivity index is 1.54. The molecule has 2 aromatic heterocycles. The predicted molar refractivity (Wildman–Crippen MR) is 103 cm³/mol. The van der Waals surface area contributed by atoms with Gasteiger partial charge in [-0.3, -0.25) is 9.78 Å². The van der Waals surface area contributed by atoms with E-state index in [-0.39, 0.29) is 5.78 Å². The van der Waals surface area contributed by atoms with Gasteiger partial charge in [-0.2, -0.15) is 0 Å². The van der Waals surface area contributed by atoms with Crippen molar-refractivity contribution in [2.24, 2.45) is 0 Å². The molecule has 0 radical (unpaired) electrons. The van der Waals surface area contributed by atoms with E-state index >= 15 is 0 Å². The fourth-order valence-corrected chi connectivity index (χ4v) is 3.33. The first-order valence-electron chi connectivity index (χ1n) is 7.88. The van der Waals surface area contributed by atoms with Gasteiger partial charge in [0.25, 0.3) is 0 Å². The van der Waals surface area contributed by atoms with Gasteiger partial charge in [0, 0.05) is 17.1 Å². The topological polar surface area (TPSA) is 42.9 Å². The quantitative estimate of drug-likeness (QED) is 0.375. The van der Waals surface area contributed by atoms with Crippen LogP contribution in [0.3, 0.4) is 0 Å². The van der Waals surface area contributed by atoms with Crippen LogP contribution in [0, 0.1) is 0 Å². The third kappa shape index (κ3) is 3.39. The molecule has 0 aliphatic rings. The van der Waals surface area contributed by atoms with Crippen molar-refractivity contribution >= 4 is 34.0 Å². The first-order chi connectivity index (χ1) is 12.3. The molecule has 4 heteroatoms. The first kappa shape index (κ1) is 15.4. The Morgan fingerprint density at radius 2 is 1.80 bits per heavy atom. The van der Waals surface area contributed by atoms with Gasteiger partial charge in [0.05, 0.1) is 11.4 Å². The Labute approximate surface area is 149 Å². The summed E-state index contributed by atoms with van der Waals surface area (Å²) in [4.78, 5) is 21.2. The van der Waals surface area contributed by atoms with Crippen LogP contribution in [-0.2, 0) is 0 Å². The Morgan fingerprint density at radius 3 is 2.64 bits per heavy atom. The number of pyridine rings is 1. The number of aromatic nitrogens is 2. The SMILES string of the molecule is O=C(/C=C/c1csc(-c2ccccn2)n1)c1ccc2ccccc2c1. The number of hydrogen-bond acceptors (Lipinski definition) is 4. The molecule has 25 heavy (non-hydrogen) atoms. The maximum Gasteiger partial charge on any atom is 0.185 e. The number of carbonyl (C=O) groups excluding carboxylic acids is 1. The highest BCUT2D eigenvalue weighted by molar-refractivity contribution is 7.13.